The highest BCUT2D eigenvalue weighted by Crippen LogP contribution is 2.44. The molecule has 3 N–H and O–H groups in total. The number of ether oxygens (including phenoxy) is 1. The van der Waals surface area contributed by atoms with E-state index in [1.807, 2.05) is 80.6 Å². The average Bonchev–Trinajstić information content (AvgIpc) is 3.34. The molecule has 8 heteroatoms. The van der Waals surface area contributed by atoms with Gasteiger partial charge in [0.2, 0.25) is 5.91 Å². The summed E-state index contributed by atoms with van der Waals surface area (Å²) in [5.41, 5.74) is 2.92. The molecule has 0 saturated carbocycles. The van der Waals surface area contributed by atoms with Crippen molar-refractivity contribution >= 4 is 18.0 Å². The fourth-order valence-corrected chi connectivity index (χ4v) is 6.30. The highest BCUT2D eigenvalue weighted by Gasteiger charge is 2.47. The van der Waals surface area contributed by atoms with Crippen LogP contribution in [0.25, 0.3) is 11.1 Å². The van der Waals surface area contributed by atoms with Crippen molar-refractivity contribution < 1.29 is 24.2 Å². The van der Waals surface area contributed by atoms with E-state index in [4.69, 9.17) is 4.74 Å². The monoisotopic (exact) mass is 569 g/mol. The second-order valence-electron chi connectivity index (χ2n) is 11.3. The number of carbonyl (C=O) groups excluding carboxylic acids is 2. The molecule has 2 aliphatic rings. The van der Waals surface area contributed by atoms with Crippen molar-refractivity contribution in [3.63, 3.8) is 0 Å². The summed E-state index contributed by atoms with van der Waals surface area (Å²) >= 11 is 0. The maximum Gasteiger partial charge on any atom is 0.408 e. The number of nitrogens with one attached hydrogen (secondary N) is 2. The molecule has 2 amide bonds. The molecule has 0 aromatic heterocycles. The van der Waals surface area contributed by atoms with Gasteiger partial charge in [-0.05, 0) is 53.5 Å². The Morgan fingerprint density at radius 2 is 1.43 bits per heavy atom. The van der Waals surface area contributed by atoms with E-state index in [1.54, 1.807) is 0 Å². The molecule has 1 saturated heterocycles. The van der Waals surface area contributed by atoms with Crippen LogP contribution in [-0.4, -0.2) is 58.8 Å². The van der Waals surface area contributed by atoms with Crippen molar-refractivity contribution in [3.8, 4) is 11.1 Å². The topological polar surface area (TPSA) is 108 Å². The van der Waals surface area contributed by atoms with Gasteiger partial charge in [-0.3, -0.25) is 9.69 Å². The van der Waals surface area contributed by atoms with E-state index in [2.05, 4.69) is 27.7 Å². The Morgan fingerprint density at radius 3 is 1.98 bits per heavy atom. The lowest BCUT2D eigenvalue weighted by atomic mass is 9.84. The number of rotatable bonds is 10. The summed E-state index contributed by atoms with van der Waals surface area (Å²) in [7, 11) is 0. The van der Waals surface area contributed by atoms with Gasteiger partial charge in [-0.25, -0.2) is 9.59 Å². The molecule has 3 aromatic rings. The second-order valence-corrected chi connectivity index (χ2v) is 11.3. The summed E-state index contributed by atoms with van der Waals surface area (Å²) in [5.74, 6) is -1.66. The van der Waals surface area contributed by atoms with E-state index in [9.17, 15) is 19.5 Å². The minimum absolute atomic E-state index is 0.106. The third kappa shape index (κ3) is 5.77. The van der Waals surface area contributed by atoms with E-state index in [1.165, 1.54) is 0 Å². The highest BCUT2D eigenvalue weighted by molar-refractivity contribution is 5.94. The third-order valence-electron chi connectivity index (χ3n) is 9.05. The first-order chi connectivity index (χ1) is 20.3. The fourth-order valence-electron chi connectivity index (χ4n) is 6.30. The molecule has 0 atom stereocenters. The Labute approximate surface area is 247 Å². The molecule has 0 unspecified atom stereocenters. The largest absolute Gasteiger partial charge is 0.480 e. The molecule has 1 aliphatic heterocycles. The van der Waals surface area contributed by atoms with Crippen LogP contribution < -0.4 is 10.6 Å². The van der Waals surface area contributed by atoms with Crippen LogP contribution in [0.2, 0.25) is 0 Å². The van der Waals surface area contributed by atoms with Gasteiger partial charge in [0.1, 0.15) is 17.7 Å². The summed E-state index contributed by atoms with van der Waals surface area (Å²) < 4.78 is 5.73. The van der Waals surface area contributed by atoms with Crippen molar-refractivity contribution in [2.24, 2.45) is 0 Å². The van der Waals surface area contributed by atoms with Gasteiger partial charge in [-0.2, -0.15) is 0 Å². The zero-order valence-electron chi connectivity index (χ0n) is 24.3. The number of piperidine rings is 1. The Balaban J connectivity index is 1.23. The van der Waals surface area contributed by atoms with Crippen LogP contribution >= 0.6 is 0 Å². The maximum absolute atomic E-state index is 13.7. The number of fused-ring (bicyclic) bond motifs is 3. The number of hydrogen-bond donors (Lipinski definition) is 3. The quantitative estimate of drug-likeness (QED) is 0.305. The number of carboxylic acids is 1. The maximum atomic E-state index is 13.7. The van der Waals surface area contributed by atoms with Gasteiger partial charge in [-0.15, -0.1) is 0 Å². The first-order valence-corrected chi connectivity index (χ1v) is 14.8. The molecule has 0 bridgehead atoms. The van der Waals surface area contributed by atoms with Crippen LogP contribution in [0.3, 0.4) is 0 Å². The number of likely N-dealkylation sites (tertiary alicyclic amines) is 1. The average molecular weight is 570 g/mol. The molecular weight excluding hydrogens is 530 g/mol. The van der Waals surface area contributed by atoms with Crippen LogP contribution in [0.15, 0.2) is 78.9 Å². The van der Waals surface area contributed by atoms with E-state index >= 15 is 0 Å². The standard InChI is InChI=1S/C34H39N3O5/c1-3-33(4-2,30(38)35-34(31(39)40)18-20-37(21-19-34)22-24-12-6-5-7-13-24)36-32(41)42-23-29-27-16-10-8-14-25(27)26-15-9-11-17-28(26)29/h5-17,29H,3-4,18-23H2,1-2H3,(H,35,38)(H,36,41)(H,39,40). The smallest absolute Gasteiger partial charge is 0.408 e. The molecule has 0 radical (unpaired) electrons. The SMILES string of the molecule is CCC(CC)(NC(=O)OCC1c2ccccc2-c2ccccc21)C(=O)NC1(C(=O)O)CCN(Cc2ccccc2)CC1. The zero-order valence-corrected chi connectivity index (χ0v) is 24.3. The van der Waals surface area contributed by atoms with Crippen molar-refractivity contribution in [2.45, 2.75) is 63.1 Å². The molecule has 3 aromatic carbocycles. The Kier molecular flexibility index (Phi) is 8.64. The molecule has 1 heterocycles. The van der Waals surface area contributed by atoms with Gasteiger partial charge in [-0.1, -0.05) is 92.7 Å². The molecule has 1 fully saturated rings. The van der Waals surface area contributed by atoms with Crippen LogP contribution in [0.4, 0.5) is 4.79 Å². The number of hydrogen-bond acceptors (Lipinski definition) is 5. The fraction of sp³-hybridized carbons (Fsp3) is 0.382. The van der Waals surface area contributed by atoms with Gasteiger partial charge in [0.05, 0.1) is 0 Å². The van der Waals surface area contributed by atoms with Crippen LogP contribution in [0, 0.1) is 0 Å². The molecule has 5 rings (SSSR count). The molecule has 220 valence electrons. The number of carboxylic acid groups (broad SMARTS) is 1. The van der Waals surface area contributed by atoms with Gasteiger partial charge >= 0.3 is 12.1 Å². The first-order valence-electron chi connectivity index (χ1n) is 14.8. The van der Waals surface area contributed by atoms with Crippen molar-refractivity contribution in [2.75, 3.05) is 19.7 Å². The van der Waals surface area contributed by atoms with E-state index in [-0.39, 0.29) is 38.2 Å². The summed E-state index contributed by atoms with van der Waals surface area (Å²) in [5, 5.41) is 15.9. The third-order valence-corrected chi connectivity index (χ3v) is 9.05. The van der Waals surface area contributed by atoms with Crippen molar-refractivity contribution in [1.29, 1.82) is 0 Å². The molecular formula is C34H39N3O5. The molecule has 42 heavy (non-hydrogen) atoms. The molecule has 1 aliphatic carbocycles. The summed E-state index contributed by atoms with van der Waals surface area (Å²) in [6.45, 7) is 5.54. The van der Waals surface area contributed by atoms with Crippen molar-refractivity contribution in [1.82, 2.24) is 15.5 Å². The van der Waals surface area contributed by atoms with Crippen LogP contribution in [0.5, 0.6) is 0 Å². The number of aliphatic carboxylic acids is 1. The van der Waals surface area contributed by atoms with Gasteiger partial charge in [0, 0.05) is 25.6 Å². The predicted molar refractivity (Wildman–Crippen MR) is 161 cm³/mol. The zero-order chi connectivity index (χ0) is 29.7. The van der Waals surface area contributed by atoms with E-state index < -0.39 is 29.0 Å². The summed E-state index contributed by atoms with van der Waals surface area (Å²) in [6.07, 6.45) is 0.424. The molecule has 8 nitrogen and oxygen atoms in total. The Morgan fingerprint density at radius 1 is 0.881 bits per heavy atom. The van der Waals surface area contributed by atoms with E-state index in [0.29, 0.717) is 13.1 Å². The summed E-state index contributed by atoms with van der Waals surface area (Å²) in [6, 6.07) is 26.2. The Bertz CT molecular complexity index is 1380. The number of carbonyl (C=O) groups is 3. The van der Waals surface area contributed by atoms with Gasteiger partial charge in [0.25, 0.3) is 0 Å². The van der Waals surface area contributed by atoms with Gasteiger partial charge in [0.15, 0.2) is 0 Å². The van der Waals surface area contributed by atoms with Gasteiger partial charge < -0.3 is 20.5 Å². The van der Waals surface area contributed by atoms with Crippen LogP contribution in [-0.2, 0) is 20.9 Å². The Hall–Kier alpha value is -4.17. The molecule has 0 spiro atoms. The predicted octanol–water partition coefficient (Wildman–Crippen LogP) is 5.32. The lowest BCUT2D eigenvalue weighted by Gasteiger charge is -2.42. The number of benzene rings is 3. The number of alkyl carbamates (subject to hydrolysis) is 1. The lowest BCUT2D eigenvalue weighted by Crippen LogP contribution is -2.67. The number of amides is 2. The summed E-state index contributed by atoms with van der Waals surface area (Å²) in [4.78, 5) is 41.6. The highest BCUT2D eigenvalue weighted by atomic mass is 16.5. The lowest BCUT2D eigenvalue weighted by molar-refractivity contribution is -0.151. The van der Waals surface area contributed by atoms with Crippen LogP contribution in [0.1, 0.15) is 62.1 Å². The number of nitrogens with zero attached hydrogens (tertiary/aromatic N) is 1. The van der Waals surface area contributed by atoms with E-state index in [0.717, 1.165) is 34.4 Å². The normalized spacial score (nSPS) is 16.2. The first kappa shape index (κ1) is 29.3. The minimum Gasteiger partial charge on any atom is -0.480 e. The minimum atomic E-state index is -1.40. The second kappa shape index (κ2) is 12.4. The van der Waals surface area contributed by atoms with Crippen molar-refractivity contribution in [3.05, 3.63) is 95.6 Å².